The Balaban J connectivity index is 2.19. The van der Waals surface area contributed by atoms with Crippen LogP contribution in [0.4, 0.5) is 4.39 Å². The molecule has 0 fully saturated rings. The molecular formula is C16H16BrFO. The molecule has 0 bridgehead atoms. The van der Waals surface area contributed by atoms with Crippen LogP contribution in [-0.4, -0.2) is 0 Å². The molecule has 0 saturated heterocycles. The maximum absolute atomic E-state index is 13.3. The third kappa shape index (κ3) is 3.57. The fraction of sp³-hybridized carbons (Fsp3) is 0.250. The highest BCUT2D eigenvalue weighted by Gasteiger charge is 2.05. The first kappa shape index (κ1) is 14.1. The molecule has 0 amide bonds. The molecule has 0 N–H and O–H groups in total. The summed E-state index contributed by atoms with van der Waals surface area (Å²) in [4.78, 5) is 0. The second-order valence-corrected chi connectivity index (χ2v) is 5.69. The first-order valence-corrected chi connectivity index (χ1v) is 6.90. The van der Waals surface area contributed by atoms with Crippen LogP contribution in [0.1, 0.15) is 22.3 Å². The van der Waals surface area contributed by atoms with Crippen molar-refractivity contribution in [2.45, 2.75) is 27.4 Å². The lowest BCUT2D eigenvalue weighted by molar-refractivity contribution is 0.303. The SMILES string of the molecule is Cc1cc(C)c(C)c(OCc2cc(F)cc(Br)c2)c1. The molecule has 2 aromatic carbocycles. The smallest absolute Gasteiger partial charge is 0.124 e. The first-order valence-electron chi connectivity index (χ1n) is 6.11. The molecule has 0 heterocycles. The minimum absolute atomic E-state index is 0.259. The van der Waals surface area contributed by atoms with E-state index in [4.69, 9.17) is 4.74 Å². The van der Waals surface area contributed by atoms with Crippen molar-refractivity contribution in [3.05, 3.63) is 62.9 Å². The van der Waals surface area contributed by atoms with Gasteiger partial charge in [0, 0.05) is 4.47 Å². The van der Waals surface area contributed by atoms with Gasteiger partial charge in [-0.05, 0) is 67.3 Å². The number of hydrogen-bond donors (Lipinski definition) is 0. The second kappa shape index (κ2) is 5.74. The minimum Gasteiger partial charge on any atom is -0.489 e. The number of hydrogen-bond acceptors (Lipinski definition) is 1. The zero-order chi connectivity index (χ0) is 14.0. The summed E-state index contributed by atoms with van der Waals surface area (Å²) >= 11 is 3.28. The average Bonchev–Trinajstić information content (AvgIpc) is 2.30. The normalized spacial score (nSPS) is 10.6. The van der Waals surface area contributed by atoms with Crippen molar-refractivity contribution >= 4 is 15.9 Å². The highest BCUT2D eigenvalue weighted by Crippen LogP contribution is 2.24. The summed E-state index contributed by atoms with van der Waals surface area (Å²) in [5, 5.41) is 0. The summed E-state index contributed by atoms with van der Waals surface area (Å²) in [6.45, 7) is 6.50. The van der Waals surface area contributed by atoms with E-state index in [9.17, 15) is 4.39 Å². The van der Waals surface area contributed by atoms with Crippen LogP contribution in [0, 0.1) is 26.6 Å². The van der Waals surface area contributed by atoms with E-state index in [0.29, 0.717) is 6.61 Å². The third-order valence-corrected chi connectivity index (χ3v) is 3.54. The highest BCUT2D eigenvalue weighted by molar-refractivity contribution is 9.10. The topological polar surface area (TPSA) is 9.23 Å². The van der Waals surface area contributed by atoms with Crippen molar-refractivity contribution in [2.75, 3.05) is 0 Å². The first-order chi connectivity index (χ1) is 8.95. The molecule has 0 radical (unpaired) electrons. The second-order valence-electron chi connectivity index (χ2n) is 4.77. The molecule has 0 aliphatic rings. The molecule has 100 valence electrons. The summed E-state index contributed by atoms with van der Waals surface area (Å²) in [5.74, 6) is 0.600. The van der Waals surface area contributed by atoms with Gasteiger partial charge in [-0.2, -0.15) is 0 Å². The fourth-order valence-corrected chi connectivity index (χ4v) is 2.52. The molecule has 0 spiro atoms. The fourth-order valence-electron chi connectivity index (χ4n) is 2.01. The number of rotatable bonds is 3. The van der Waals surface area contributed by atoms with Crippen LogP contribution >= 0.6 is 15.9 Å². The van der Waals surface area contributed by atoms with Gasteiger partial charge in [-0.15, -0.1) is 0 Å². The Morgan fingerprint density at radius 3 is 2.47 bits per heavy atom. The third-order valence-electron chi connectivity index (χ3n) is 3.08. The van der Waals surface area contributed by atoms with Gasteiger partial charge in [-0.1, -0.05) is 22.0 Å². The zero-order valence-corrected chi connectivity index (χ0v) is 12.8. The molecule has 0 aliphatic carbocycles. The monoisotopic (exact) mass is 322 g/mol. The van der Waals surface area contributed by atoms with E-state index in [1.807, 2.05) is 26.0 Å². The largest absolute Gasteiger partial charge is 0.489 e. The van der Waals surface area contributed by atoms with E-state index in [-0.39, 0.29) is 5.82 Å². The Morgan fingerprint density at radius 2 is 1.79 bits per heavy atom. The van der Waals surface area contributed by atoms with Gasteiger partial charge in [0.25, 0.3) is 0 Å². The van der Waals surface area contributed by atoms with Crippen LogP contribution in [-0.2, 0) is 6.61 Å². The average molecular weight is 323 g/mol. The molecule has 0 unspecified atom stereocenters. The van der Waals surface area contributed by atoms with Crippen molar-refractivity contribution < 1.29 is 9.13 Å². The summed E-state index contributed by atoms with van der Waals surface area (Å²) in [7, 11) is 0. The molecule has 2 aromatic rings. The van der Waals surface area contributed by atoms with Crippen molar-refractivity contribution in [3.63, 3.8) is 0 Å². The lowest BCUT2D eigenvalue weighted by Crippen LogP contribution is -1.99. The number of benzene rings is 2. The van der Waals surface area contributed by atoms with E-state index in [1.165, 1.54) is 23.3 Å². The summed E-state index contributed by atoms with van der Waals surface area (Å²) in [6, 6.07) is 8.92. The molecule has 0 aromatic heterocycles. The Labute approximate surface area is 121 Å². The van der Waals surface area contributed by atoms with Gasteiger partial charge in [0.15, 0.2) is 0 Å². The van der Waals surface area contributed by atoms with E-state index < -0.39 is 0 Å². The predicted molar refractivity (Wildman–Crippen MR) is 79.1 cm³/mol. The number of ether oxygens (including phenoxy) is 1. The van der Waals surface area contributed by atoms with Gasteiger partial charge in [-0.3, -0.25) is 0 Å². The molecule has 0 atom stereocenters. The standard InChI is InChI=1S/C16H16BrFO/c1-10-4-11(2)12(3)16(5-10)19-9-13-6-14(17)8-15(18)7-13/h4-8H,9H2,1-3H3. The van der Waals surface area contributed by atoms with Crippen LogP contribution in [0.25, 0.3) is 0 Å². The lowest BCUT2D eigenvalue weighted by atomic mass is 10.1. The van der Waals surface area contributed by atoms with E-state index >= 15 is 0 Å². The van der Waals surface area contributed by atoms with Crippen LogP contribution in [0.15, 0.2) is 34.8 Å². The maximum atomic E-state index is 13.3. The molecule has 0 saturated carbocycles. The van der Waals surface area contributed by atoms with Gasteiger partial charge < -0.3 is 4.74 Å². The molecule has 1 nitrogen and oxygen atoms in total. The summed E-state index contributed by atoms with van der Waals surface area (Å²) in [5.41, 5.74) is 4.31. The molecule has 3 heteroatoms. The van der Waals surface area contributed by atoms with Gasteiger partial charge in [0.1, 0.15) is 18.2 Å². The van der Waals surface area contributed by atoms with Gasteiger partial charge >= 0.3 is 0 Å². The van der Waals surface area contributed by atoms with Crippen LogP contribution < -0.4 is 4.74 Å². The maximum Gasteiger partial charge on any atom is 0.124 e. The molecular weight excluding hydrogens is 307 g/mol. The van der Waals surface area contributed by atoms with Crippen molar-refractivity contribution in [2.24, 2.45) is 0 Å². The minimum atomic E-state index is -0.259. The van der Waals surface area contributed by atoms with Gasteiger partial charge in [0.2, 0.25) is 0 Å². The quantitative estimate of drug-likeness (QED) is 0.764. The highest BCUT2D eigenvalue weighted by atomic mass is 79.9. The number of aryl methyl sites for hydroxylation is 2. The van der Waals surface area contributed by atoms with Gasteiger partial charge in [0.05, 0.1) is 0 Å². The van der Waals surface area contributed by atoms with E-state index in [1.54, 1.807) is 0 Å². The lowest BCUT2D eigenvalue weighted by Gasteiger charge is -2.12. The van der Waals surface area contributed by atoms with E-state index in [0.717, 1.165) is 21.3 Å². The van der Waals surface area contributed by atoms with Crippen LogP contribution in [0.5, 0.6) is 5.75 Å². The van der Waals surface area contributed by atoms with Crippen LogP contribution in [0.3, 0.4) is 0 Å². The van der Waals surface area contributed by atoms with E-state index in [2.05, 4.69) is 28.9 Å². The Morgan fingerprint density at radius 1 is 1.05 bits per heavy atom. The summed E-state index contributed by atoms with van der Waals surface area (Å²) < 4.78 is 19.8. The van der Waals surface area contributed by atoms with Crippen molar-refractivity contribution in [1.82, 2.24) is 0 Å². The summed E-state index contributed by atoms with van der Waals surface area (Å²) in [6.07, 6.45) is 0. The Kier molecular flexibility index (Phi) is 4.25. The Bertz CT molecular complexity index is 588. The molecule has 19 heavy (non-hydrogen) atoms. The van der Waals surface area contributed by atoms with Gasteiger partial charge in [-0.25, -0.2) is 4.39 Å². The van der Waals surface area contributed by atoms with Crippen molar-refractivity contribution in [1.29, 1.82) is 0 Å². The van der Waals surface area contributed by atoms with Crippen molar-refractivity contribution in [3.8, 4) is 5.75 Å². The molecule has 2 rings (SSSR count). The Hall–Kier alpha value is -1.35. The number of halogens is 2. The predicted octanol–water partition coefficient (Wildman–Crippen LogP) is 5.09. The zero-order valence-electron chi connectivity index (χ0n) is 11.3. The molecule has 0 aliphatic heterocycles. The van der Waals surface area contributed by atoms with Crippen LogP contribution in [0.2, 0.25) is 0 Å².